The van der Waals surface area contributed by atoms with Crippen LogP contribution in [0.4, 0.5) is 0 Å². The van der Waals surface area contributed by atoms with Gasteiger partial charge in [-0.1, -0.05) is 389 Å². The Morgan fingerprint density at radius 1 is 0.181 bits per heavy atom. The zero-order valence-electron chi connectivity index (χ0n) is 83.6. The Balaban J connectivity index is 0.000000105. The summed E-state index contributed by atoms with van der Waals surface area (Å²) in [6.45, 7) is 18.5. The molecule has 0 spiro atoms. The highest BCUT2D eigenvalue weighted by Crippen LogP contribution is 2.58. The van der Waals surface area contributed by atoms with Crippen molar-refractivity contribution in [1.29, 1.82) is 0 Å². The van der Waals surface area contributed by atoms with E-state index in [0.717, 1.165) is 135 Å². The standard InChI is InChI=1S/C49H34N4.C46H35N3.C43H29N3S/c1-49(2)39-25-13-9-23-35(39)45-46(31-17-5-3-6-18-31)50-48(51-47(45)49)36-24-12-16-28-42(36)53-41-27-15-11-22-34(41)38-29-43-37(30-44(38)53)33-21-10-14-26-40(33)52(43)32-19-7-4-8-20-32;1-45(2)35-22-12-8-18-29(35)33-27-40-34(26-37(33)45)30-19-10-14-24-38(30)49(40)39-25-15-11-21-32(39)44-47-42(28-16-6-5-7-17-28)41-31-20-9-13-23-36(31)46(3,4)43(41)48-44;1-43(2)33-20-10-6-18-29(33)39-40(26-14-4-3-5-15-26)44-42(45-41(39)43)30-19-8-12-22-35(30)46-34-21-11-7-16-27(34)31-25-38-32(24-36(31)46)28-17-9-13-23-37(28)47-38/h3-30H,1-2H3;5-27H,1-4H3;3-25H,1-2H3. The van der Waals surface area contributed by atoms with Crippen molar-refractivity contribution in [3.63, 3.8) is 0 Å². The molecule has 0 aliphatic heterocycles. The van der Waals surface area contributed by atoms with E-state index in [-0.39, 0.29) is 21.7 Å². The number of benzene rings is 19. The van der Waals surface area contributed by atoms with Crippen LogP contribution in [0.1, 0.15) is 100 Å². The molecule has 4 aliphatic carbocycles. The van der Waals surface area contributed by atoms with E-state index in [4.69, 9.17) is 29.9 Å². The van der Waals surface area contributed by atoms with Crippen LogP contribution in [0.2, 0.25) is 0 Å². The Morgan fingerprint density at radius 2 is 0.463 bits per heavy atom. The van der Waals surface area contributed by atoms with Gasteiger partial charge in [-0.05, 0) is 171 Å². The first-order valence-corrected chi connectivity index (χ1v) is 52.4. The van der Waals surface area contributed by atoms with Gasteiger partial charge in [0.15, 0.2) is 17.5 Å². The van der Waals surface area contributed by atoms with Gasteiger partial charge in [0.1, 0.15) is 0 Å². The molecule has 10 nitrogen and oxygen atoms in total. The molecule has 0 amide bonds. The maximum absolute atomic E-state index is 5.51. The lowest BCUT2D eigenvalue weighted by atomic mass is 9.82. The first-order valence-electron chi connectivity index (χ1n) is 51.6. The number of thiophene rings is 1. The molecule has 19 aromatic carbocycles. The summed E-state index contributed by atoms with van der Waals surface area (Å²) in [5.74, 6) is 2.21. The summed E-state index contributed by atoms with van der Waals surface area (Å²) >= 11 is 1.87. The molecule has 4 aliphatic rings. The Morgan fingerprint density at radius 3 is 0.859 bits per heavy atom. The van der Waals surface area contributed by atoms with E-state index in [2.05, 4.69) is 523 Å². The fourth-order valence-corrected chi connectivity index (χ4v) is 26.5. The van der Waals surface area contributed by atoms with Gasteiger partial charge in [-0.3, -0.25) is 0 Å². The highest BCUT2D eigenvalue weighted by atomic mass is 32.1. The van der Waals surface area contributed by atoms with Crippen molar-refractivity contribution < 1.29 is 0 Å². The minimum atomic E-state index is -0.284. The maximum Gasteiger partial charge on any atom is 0.162 e. The summed E-state index contributed by atoms with van der Waals surface area (Å²) in [4.78, 5) is 32.8. The first kappa shape index (κ1) is 87.4. The molecule has 8 aromatic heterocycles. The Hall–Kier alpha value is -18.2. The first-order chi connectivity index (χ1) is 73.0. The fourth-order valence-electron chi connectivity index (χ4n) is 25.4. The van der Waals surface area contributed by atoms with Crippen LogP contribution in [-0.4, -0.2) is 48.2 Å². The predicted molar refractivity (Wildman–Crippen MR) is 619 cm³/mol. The smallest absolute Gasteiger partial charge is 0.162 e. The van der Waals surface area contributed by atoms with Gasteiger partial charge in [0, 0.05) is 141 Å². The van der Waals surface area contributed by atoms with Crippen molar-refractivity contribution in [2.24, 2.45) is 0 Å². The van der Waals surface area contributed by atoms with Gasteiger partial charge >= 0.3 is 0 Å². The molecule has 0 atom stereocenters. The summed E-state index contributed by atoms with van der Waals surface area (Å²) < 4.78 is 12.3. The second-order valence-electron chi connectivity index (χ2n) is 42.2. The molecule has 11 heteroatoms. The molecule has 0 unspecified atom stereocenters. The van der Waals surface area contributed by atoms with Crippen LogP contribution in [0.15, 0.2) is 449 Å². The average Bonchev–Trinajstić information content (AvgIpc) is 1.55. The molecule has 0 fully saturated rings. The molecule has 0 radical (unpaired) electrons. The fraction of sp³-hybridized carbons (Fsp3) is 0.0870. The quantitative estimate of drug-likeness (QED) is 0.135. The molecule has 706 valence electrons. The molecular weight excluding hydrogens is 1830 g/mol. The highest BCUT2D eigenvalue weighted by molar-refractivity contribution is 7.25. The number of hydrogen-bond donors (Lipinski definition) is 0. The van der Waals surface area contributed by atoms with Gasteiger partial charge in [-0.2, -0.15) is 0 Å². The summed E-state index contributed by atoms with van der Waals surface area (Å²) in [6.07, 6.45) is 0. The molecule has 0 N–H and O–H groups in total. The van der Waals surface area contributed by atoms with Crippen LogP contribution >= 0.6 is 11.3 Å². The Kier molecular flexibility index (Phi) is 19.5. The lowest BCUT2D eigenvalue weighted by Gasteiger charge is -2.22. The van der Waals surface area contributed by atoms with Crippen LogP contribution in [-0.2, 0) is 21.7 Å². The molecule has 149 heavy (non-hydrogen) atoms. The minimum absolute atomic E-state index is 0.0717. The van der Waals surface area contributed by atoms with Crippen LogP contribution in [0, 0.1) is 0 Å². The Labute approximate surface area is 866 Å². The third-order valence-corrected chi connectivity index (χ3v) is 33.6. The van der Waals surface area contributed by atoms with Crippen molar-refractivity contribution in [2.75, 3.05) is 0 Å². The number of aromatic nitrogens is 10. The molecule has 0 saturated carbocycles. The number of fused-ring (bicyclic) bond motifs is 27. The van der Waals surface area contributed by atoms with Crippen LogP contribution in [0.25, 0.3) is 243 Å². The van der Waals surface area contributed by atoms with Crippen molar-refractivity contribution >= 4 is 119 Å². The maximum atomic E-state index is 5.51. The molecule has 27 aromatic rings. The zero-order chi connectivity index (χ0) is 99.6. The predicted octanol–water partition coefficient (Wildman–Crippen LogP) is 35.4. The van der Waals surface area contributed by atoms with Gasteiger partial charge in [0.05, 0.1) is 95.4 Å². The van der Waals surface area contributed by atoms with Crippen molar-refractivity contribution in [3.05, 3.63) is 494 Å². The van der Waals surface area contributed by atoms with Gasteiger partial charge in [0.25, 0.3) is 0 Å². The summed E-state index contributed by atoms with van der Waals surface area (Å²) in [7, 11) is 0. The van der Waals surface area contributed by atoms with E-state index in [1.54, 1.807) is 0 Å². The molecule has 0 bridgehead atoms. The largest absolute Gasteiger partial charge is 0.309 e. The van der Waals surface area contributed by atoms with Crippen molar-refractivity contribution in [3.8, 4) is 135 Å². The number of hydrogen-bond acceptors (Lipinski definition) is 7. The summed E-state index contributed by atoms with van der Waals surface area (Å²) in [5.41, 5.74) is 41.7. The molecule has 31 rings (SSSR count). The summed E-state index contributed by atoms with van der Waals surface area (Å²) in [5, 5.41) is 12.5. The highest BCUT2D eigenvalue weighted by Gasteiger charge is 2.45. The number of rotatable bonds is 10. The van der Waals surface area contributed by atoms with E-state index in [1.165, 1.54) is 152 Å². The third-order valence-electron chi connectivity index (χ3n) is 32.4. The van der Waals surface area contributed by atoms with E-state index in [0.29, 0.717) is 0 Å². The normalized spacial score (nSPS) is 13.9. The van der Waals surface area contributed by atoms with Gasteiger partial charge in [0.2, 0.25) is 0 Å². The minimum Gasteiger partial charge on any atom is -0.309 e. The molecular formula is C138H98N10S. The van der Waals surface area contributed by atoms with E-state index >= 15 is 0 Å². The number of nitrogens with zero attached hydrogens (tertiary/aromatic N) is 10. The van der Waals surface area contributed by atoms with E-state index < -0.39 is 0 Å². The van der Waals surface area contributed by atoms with Gasteiger partial charge < -0.3 is 18.3 Å². The van der Waals surface area contributed by atoms with Crippen LogP contribution in [0.3, 0.4) is 0 Å². The average molecular weight is 1930 g/mol. The summed E-state index contributed by atoms with van der Waals surface area (Å²) in [6, 6.07) is 162. The second-order valence-corrected chi connectivity index (χ2v) is 43.3. The van der Waals surface area contributed by atoms with Crippen LogP contribution in [0.5, 0.6) is 0 Å². The molecule has 8 heterocycles. The van der Waals surface area contributed by atoms with Gasteiger partial charge in [-0.25, -0.2) is 29.9 Å². The van der Waals surface area contributed by atoms with Gasteiger partial charge in [-0.15, -0.1) is 11.3 Å². The van der Waals surface area contributed by atoms with Crippen LogP contribution < -0.4 is 0 Å². The molecule has 0 saturated heterocycles. The topological polar surface area (TPSA) is 97.1 Å². The lowest BCUT2D eigenvalue weighted by molar-refractivity contribution is 0.636. The lowest BCUT2D eigenvalue weighted by Crippen LogP contribution is -2.17. The zero-order valence-corrected chi connectivity index (χ0v) is 84.4. The van der Waals surface area contributed by atoms with E-state index in [1.807, 2.05) is 11.3 Å². The SMILES string of the molecule is CC1(C)c2ccccc2-c2c(-c3ccccc3)nc(-c3ccccc3-n3c4ccccc4c4cc5c(cc43)c3ccccc3n5-c3ccccc3)nc21.CC1(C)c2ccccc2-c2c(-c3ccccc3)nc(-c3ccccc3-n3c4ccccc4c4cc5sc6ccccc6c5cc43)nc21.CC1(C)c2ccccc2-c2cc3c(cc21)c1ccccc1n3-c1ccccc1-c1nc(-c2ccccc2)c2c(n1)C(C)(C)c1ccccc1-2. The third kappa shape index (κ3) is 13.1. The monoisotopic (exact) mass is 1930 g/mol. The van der Waals surface area contributed by atoms with E-state index in [9.17, 15) is 0 Å². The Bertz CT molecular complexity index is 10300. The van der Waals surface area contributed by atoms with Crippen molar-refractivity contribution in [2.45, 2.75) is 77.0 Å². The van der Waals surface area contributed by atoms with Crippen molar-refractivity contribution in [1.82, 2.24) is 48.2 Å². The second kappa shape index (κ2) is 33.2. The number of para-hydroxylation sites is 8.